The number of carbonyl (C=O) groups excluding carboxylic acids is 1. The van der Waals surface area contributed by atoms with E-state index in [-0.39, 0.29) is 33.1 Å². The van der Waals surface area contributed by atoms with Crippen LogP contribution in [-0.2, 0) is 0 Å². The van der Waals surface area contributed by atoms with Crippen molar-refractivity contribution < 1.29 is 14.7 Å². The van der Waals surface area contributed by atoms with Crippen LogP contribution in [0.15, 0.2) is 53.7 Å². The Labute approximate surface area is 159 Å². The van der Waals surface area contributed by atoms with E-state index in [2.05, 4.69) is 5.32 Å². The number of hydrogen-bond acceptors (Lipinski definition) is 6. The third-order valence-corrected chi connectivity index (χ3v) is 3.81. The van der Waals surface area contributed by atoms with Crippen molar-refractivity contribution in [3.63, 3.8) is 0 Å². The minimum absolute atomic E-state index is 0.0101. The number of nitriles is 3. The normalized spacial score (nSPS) is 9.26. The Hall–Kier alpha value is -4.12. The van der Waals surface area contributed by atoms with E-state index in [1.54, 1.807) is 18.2 Å². The Morgan fingerprint density at radius 3 is 2.15 bits per heavy atom. The van der Waals surface area contributed by atoms with Gasteiger partial charge in [-0.25, -0.2) is 4.79 Å². The minimum atomic E-state index is -1.24. The highest BCUT2D eigenvalue weighted by atomic mass is 35.5. The third kappa shape index (κ3) is 4.11. The number of carboxylic acid groups (broad SMARTS) is 1. The molecule has 0 saturated heterocycles. The summed E-state index contributed by atoms with van der Waals surface area (Å²) in [5.74, 6) is -1.80. The summed E-state index contributed by atoms with van der Waals surface area (Å²) in [6.45, 7) is 0. The molecule has 27 heavy (non-hydrogen) atoms. The summed E-state index contributed by atoms with van der Waals surface area (Å²) in [6.07, 6.45) is 0. The lowest BCUT2D eigenvalue weighted by atomic mass is 9.98. The van der Waals surface area contributed by atoms with Crippen LogP contribution in [0.25, 0.3) is 0 Å². The van der Waals surface area contributed by atoms with E-state index in [1.807, 2.05) is 0 Å². The van der Waals surface area contributed by atoms with Crippen LogP contribution in [0.3, 0.4) is 0 Å². The van der Waals surface area contributed by atoms with E-state index in [9.17, 15) is 14.7 Å². The smallest absolute Gasteiger partial charge is 0.336 e. The van der Waals surface area contributed by atoms with Crippen LogP contribution in [0.4, 0.5) is 5.69 Å². The first-order valence-corrected chi connectivity index (χ1v) is 7.69. The fourth-order valence-electron chi connectivity index (χ4n) is 2.20. The summed E-state index contributed by atoms with van der Waals surface area (Å²) in [6, 6.07) is 14.7. The van der Waals surface area contributed by atoms with Gasteiger partial charge in [0.2, 0.25) is 0 Å². The van der Waals surface area contributed by atoms with Gasteiger partial charge in [-0.1, -0.05) is 29.8 Å². The van der Waals surface area contributed by atoms with Gasteiger partial charge in [0, 0.05) is 11.1 Å². The lowest BCUT2D eigenvalue weighted by molar-refractivity contribution is 0.0693. The first kappa shape index (κ1) is 19.2. The standard InChI is InChI=1S/C19H9ClN4O3/c20-15-6-5-11(7-16(15)24-17(10-23)12(8-21)9-22)18(25)13-3-1-2-4-14(13)19(26)27/h1-7,24H,(H,26,27). The topological polar surface area (TPSA) is 138 Å². The molecule has 0 aromatic heterocycles. The predicted molar refractivity (Wildman–Crippen MR) is 95.8 cm³/mol. The van der Waals surface area contributed by atoms with Gasteiger partial charge in [-0.15, -0.1) is 0 Å². The van der Waals surface area contributed by atoms with E-state index < -0.39 is 17.3 Å². The average Bonchev–Trinajstić information content (AvgIpc) is 2.68. The van der Waals surface area contributed by atoms with Crippen molar-refractivity contribution in [2.45, 2.75) is 0 Å². The van der Waals surface area contributed by atoms with Gasteiger partial charge >= 0.3 is 5.97 Å². The second kappa shape index (κ2) is 8.31. The number of anilines is 1. The van der Waals surface area contributed by atoms with Crippen LogP contribution in [0.1, 0.15) is 26.3 Å². The van der Waals surface area contributed by atoms with Crippen molar-refractivity contribution in [2.24, 2.45) is 0 Å². The zero-order valence-corrected chi connectivity index (χ0v) is 14.3. The third-order valence-electron chi connectivity index (χ3n) is 3.48. The molecule has 0 amide bonds. The van der Waals surface area contributed by atoms with Gasteiger partial charge in [0.1, 0.15) is 23.9 Å². The predicted octanol–water partition coefficient (Wildman–Crippen LogP) is 3.51. The van der Waals surface area contributed by atoms with Gasteiger partial charge in [0.25, 0.3) is 0 Å². The summed E-state index contributed by atoms with van der Waals surface area (Å²) in [5.41, 5.74) is -0.693. The van der Waals surface area contributed by atoms with Gasteiger partial charge in [-0.2, -0.15) is 15.8 Å². The van der Waals surface area contributed by atoms with Crippen LogP contribution in [0.2, 0.25) is 5.02 Å². The number of halogens is 1. The monoisotopic (exact) mass is 376 g/mol. The lowest BCUT2D eigenvalue weighted by Gasteiger charge is -2.10. The molecule has 7 nitrogen and oxygen atoms in total. The molecule has 0 aliphatic carbocycles. The summed E-state index contributed by atoms with van der Waals surface area (Å²) in [4.78, 5) is 24.0. The molecule has 2 aromatic rings. The number of benzene rings is 2. The highest BCUT2D eigenvalue weighted by Gasteiger charge is 2.19. The summed E-state index contributed by atoms with van der Waals surface area (Å²) < 4.78 is 0. The fraction of sp³-hybridized carbons (Fsp3) is 0. The van der Waals surface area contributed by atoms with Gasteiger partial charge in [0.05, 0.1) is 16.3 Å². The van der Waals surface area contributed by atoms with Crippen LogP contribution in [0, 0.1) is 34.0 Å². The van der Waals surface area contributed by atoms with Crippen molar-refractivity contribution in [1.82, 2.24) is 0 Å². The number of carboxylic acids is 1. The number of aromatic carboxylic acids is 1. The molecule has 0 radical (unpaired) electrons. The van der Waals surface area contributed by atoms with Gasteiger partial charge in [-0.3, -0.25) is 4.79 Å². The number of allylic oxidation sites excluding steroid dienone is 2. The second-order valence-electron chi connectivity index (χ2n) is 5.08. The maximum Gasteiger partial charge on any atom is 0.336 e. The molecule has 0 saturated carbocycles. The Balaban J connectivity index is 2.51. The van der Waals surface area contributed by atoms with Crippen LogP contribution >= 0.6 is 11.6 Å². The first-order valence-electron chi connectivity index (χ1n) is 7.31. The molecule has 2 rings (SSSR count). The van der Waals surface area contributed by atoms with Crippen molar-refractivity contribution in [1.29, 1.82) is 15.8 Å². The molecule has 0 fully saturated rings. The Kier molecular flexibility index (Phi) is 5.91. The summed E-state index contributed by atoms with van der Waals surface area (Å²) >= 11 is 6.06. The number of carbonyl (C=O) groups is 2. The van der Waals surface area contributed by atoms with E-state index in [0.29, 0.717) is 0 Å². The van der Waals surface area contributed by atoms with Crippen LogP contribution < -0.4 is 5.32 Å². The van der Waals surface area contributed by atoms with Crippen LogP contribution in [-0.4, -0.2) is 16.9 Å². The zero-order valence-electron chi connectivity index (χ0n) is 13.5. The van der Waals surface area contributed by atoms with Crippen molar-refractivity contribution in [3.8, 4) is 18.2 Å². The van der Waals surface area contributed by atoms with Gasteiger partial charge in [-0.05, 0) is 24.3 Å². The maximum absolute atomic E-state index is 12.7. The van der Waals surface area contributed by atoms with Crippen molar-refractivity contribution in [2.75, 3.05) is 5.32 Å². The molecule has 0 unspecified atom stereocenters. The number of nitrogens with zero attached hydrogens (tertiary/aromatic N) is 3. The molecule has 0 heterocycles. The minimum Gasteiger partial charge on any atom is -0.478 e. The van der Waals surface area contributed by atoms with E-state index in [0.717, 1.165) is 0 Å². The van der Waals surface area contributed by atoms with Gasteiger partial charge < -0.3 is 10.4 Å². The number of ketones is 1. The molecule has 0 aliphatic rings. The zero-order chi connectivity index (χ0) is 20.0. The van der Waals surface area contributed by atoms with E-state index >= 15 is 0 Å². The molecule has 0 spiro atoms. The SMILES string of the molecule is N#CC(C#N)=C(C#N)Nc1cc(C(=O)c2ccccc2C(=O)O)ccc1Cl. The number of nitrogens with one attached hydrogen (secondary N) is 1. The lowest BCUT2D eigenvalue weighted by Crippen LogP contribution is -2.10. The first-order chi connectivity index (χ1) is 12.9. The number of rotatable bonds is 5. The van der Waals surface area contributed by atoms with E-state index in [4.69, 9.17) is 27.4 Å². The van der Waals surface area contributed by atoms with Crippen molar-refractivity contribution >= 4 is 29.0 Å². The van der Waals surface area contributed by atoms with Crippen molar-refractivity contribution in [3.05, 3.63) is 75.4 Å². The Morgan fingerprint density at radius 1 is 0.963 bits per heavy atom. The van der Waals surface area contributed by atoms with Crippen LogP contribution in [0.5, 0.6) is 0 Å². The summed E-state index contributed by atoms with van der Waals surface area (Å²) in [5, 5.41) is 38.8. The highest BCUT2D eigenvalue weighted by Crippen LogP contribution is 2.27. The largest absolute Gasteiger partial charge is 0.478 e. The molecule has 0 atom stereocenters. The molecule has 0 aliphatic heterocycles. The molecule has 130 valence electrons. The highest BCUT2D eigenvalue weighted by molar-refractivity contribution is 6.33. The second-order valence-corrected chi connectivity index (χ2v) is 5.49. The molecule has 0 bridgehead atoms. The molecule has 2 aromatic carbocycles. The Bertz CT molecular complexity index is 1090. The molecule has 8 heteroatoms. The summed E-state index contributed by atoms with van der Waals surface area (Å²) in [7, 11) is 0. The fourth-order valence-corrected chi connectivity index (χ4v) is 2.37. The molecular weight excluding hydrogens is 368 g/mol. The Morgan fingerprint density at radius 2 is 1.59 bits per heavy atom. The quantitative estimate of drug-likeness (QED) is 0.601. The average molecular weight is 377 g/mol. The molecular formula is C19H9ClN4O3. The van der Waals surface area contributed by atoms with Gasteiger partial charge in [0.15, 0.2) is 11.4 Å². The number of hydrogen-bond donors (Lipinski definition) is 2. The van der Waals surface area contributed by atoms with E-state index in [1.165, 1.54) is 42.5 Å². The molecule has 2 N–H and O–H groups in total. The maximum atomic E-state index is 12.7.